The lowest BCUT2D eigenvalue weighted by atomic mass is 10.1. The van der Waals surface area contributed by atoms with Crippen molar-refractivity contribution in [3.8, 4) is 5.75 Å². The highest BCUT2D eigenvalue weighted by Gasteiger charge is 2.13. The van der Waals surface area contributed by atoms with Crippen molar-refractivity contribution in [3.05, 3.63) is 24.3 Å². The fourth-order valence-corrected chi connectivity index (χ4v) is 1.70. The molecule has 0 bridgehead atoms. The molecule has 4 heteroatoms. The van der Waals surface area contributed by atoms with Gasteiger partial charge in [0.15, 0.2) is 0 Å². The molecule has 4 nitrogen and oxygen atoms in total. The molecule has 0 saturated carbocycles. The molecule has 1 amide bonds. The van der Waals surface area contributed by atoms with Crippen molar-refractivity contribution in [1.29, 1.82) is 0 Å². The summed E-state index contributed by atoms with van der Waals surface area (Å²) in [5, 5.41) is 6.04. The monoisotopic (exact) mass is 278 g/mol. The molecule has 0 saturated heterocycles. The van der Waals surface area contributed by atoms with E-state index in [1.165, 1.54) is 0 Å². The van der Waals surface area contributed by atoms with E-state index in [0.717, 1.165) is 24.3 Å². The van der Waals surface area contributed by atoms with Crippen molar-refractivity contribution in [2.75, 3.05) is 18.5 Å². The number of hydrogen-bond donors (Lipinski definition) is 2. The Labute approximate surface area is 121 Å². The SMILES string of the molecule is CCCCOc1ccccc1NCC(=O)NC(C)(C)C. The van der Waals surface area contributed by atoms with Gasteiger partial charge < -0.3 is 15.4 Å². The van der Waals surface area contributed by atoms with Gasteiger partial charge in [0, 0.05) is 5.54 Å². The van der Waals surface area contributed by atoms with Gasteiger partial charge in [0.1, 0.15) is 5.75 Å². The van der Waals surface area contributed by atoms with Crippen LogP contribution in [0.15, 0.2) is 24.3 Å². The quantitative estimate of drug-likeness (QED) is 0.753. The molecule has 0 radical (unpaired) electrons. The van der Waals surface area contributed by atoms with Crippen molar-refractivity contribution in [2.24, 2.45) is 0 Å². The lowest BCUT2D eigenvalue weighted by molar-refractivity contribution is -0.120. The minimum atomic E-state index is -0.212. The van der Waals surface area contributed by atoms with Crippen molar-refractivity contribution in [3.63, 3.8) is 0 Å². The minimum absolute atomic E-state index is 0.0270. The molecule has 0 fully saturated rings. The first-order valence-corrected chi connectivity index (χ1v) is 7.19. The molecular formula is C16H26N2O2. The maximum absolute atomic E-state index is 11.8. The highest BCUT2D eigenvalue weighted by Crippen LogP contribution is 2.23. The summed E-state index contributed by atoms with van der Waals surface area (Å²) in [5.74, 6) is 0.769. The summed E-state index contributed by atoms with van der Waals surface area (Å²) in [7, 11) is 0. The summed E-state index contributed by atoms with van der Waals surface area (Å²) in [6.45, 7) is 8.96. The first kappa shape index (κ1) is 16.3. The number of para-hydroxylation sites is 2. The molecule has 112 valence electrons. The van der Waals surface area contributed by atoms with Crippen molar-refractivity contribution < 1.29 is 9.53 Å². The molecule has 0 atom stereocenters. The third-order valence-electron chi connectivity index (χ3n) is 2.60. The van der Waals surface area contributed by atoms with Gasteiger partial charge in [-0.3, -0.25) is 4.79 Å². The maximum Gasteiger partial charge on any atom is 0.239 e. The van der Waals surface area contributed by atoms with Crippen LogP contribution in [0.2, 0.25) is 0 Å². The second-order valence-corrected chi connectivity index (χ2v) is 5.85. The second-order valence-electron chi connectivity index (χ2n) is 5.85. The zero-order valence-corrected chi connectivity index (χ0v) is 13.0. The van der Waals surface area contributed by atoms with E-state index in [2.05, 4.69) is 17.6 Å². The standard InChI is InChI=1S/C16H26N2O2/c1-5-6-11-20-14-10-8-7-9-13(14)17-12-15(19)18-16(2,3)4/h7-10,17H,5-6,11-12H2,1-4H3,(H,18,19). The van der Waals surface area contributed by atoms with Crippen LogP contribution in [0.4, 0.5) is 5.69 Å². The van der Waals surface area contributed by atoms with E-state index >= 15 is 0 Å². The Kier molecular flexibility index (Phi) is 6.36. The predicted octanol–water partition coefficient (Wildman–Crippen LogP) is 3.19. The van der Waals surface area contributed by atoms with E-state index in [1.807, 2.05) is 45.0 Å². The van der Waals surface area contributed by atoms with Gasteiger partial charge in [0.25, 0.3) is 0 Å². The highest BCUT2D eigenvalue weighted by molar-refractivity contribution is 5.81. The van der Waals surface area contributed by atoms with Crippen LogP contribution in [-0.2, 0) is 4.79 Å². The van der Waals surface area contributed by atoms with Gasteiger partial charge in [-0.05, 0) is 39.3 Å². The number of rotatable bonds is 7. The third-order valence-corrected chi connectivity index (χ3v) is 2.60. The van der Waals surface area contributed by atoms with Gasteiger partial charge in [-0.25, -0.2) is 0 Å². The van der Waals surface area contributed by atoms with Crippen molar-refractivity contribution in [2.45, 2.75) is 46.1 Å². The molecule has 0 aliphatic carbocycles. The number of ether oxygens (including phenoxy) is 1. The molecule has 0 aliphatic rings. The van der Waals surface area contributed by atoms with Crippen molar-refractivity contribution in [1.82, 2.24) is 5.32 Å². The van der Waals surface area contributed by atoms with E-state index in [-0.39, 0.29) is 18.0 Å². The van der Waals surface area contributed by atoms with Gasteiger partial charge in [-0.15, -0.1) is 0 Å². The van der Waals surface area contributed by atoms with Crippen LogP contribution in [0.25, 0.3) is 0 Å². The van der Waals surface area contributed by atoms with E-state index in [0.29, 0.717) is 6.61 Å². The molecule has 1 rings (SSSR count). The summed E-state index contributed by atoms with van der Waals surface area (Å²) in [6, 6.07) is 7.70. The number of amides is 1. The maximum atomic E-state index is 11.8. The molecule has 20 heavy (non-hydrogen) atoms. The Morgan fingerprint density at radius 2 is 1.95 bits per heavy atom. The zero-order chi connectivity index (χ0) is 15.0. The van der Waals surface area contributed by atoms with Gasteiger partial charge in [0.2, 0.25) is 5.91 Å². The Hall–Kier alpha value is -1.71. The summed E-state index contributed by atoms with van der Waals surface area (Å²) < 4.78 is 5.72. The fourth-order valence-electron chi connectivity index (χ4n) is 1.70. The average molecular weight is 278 g/mol. The van der Waals surface area contributed by atoms with Gasteiger partial charge in [-0.1, -0.05) is 25.5 Å². The number of hydrogen-bond acceptors (Lipinski definition) is 3. The van der Waals surface area contributed by atoms with Crippen LogP contribution in [0, 0.1) is 0 Å². The van der Waals surface area contributed by atoms with Crippen LogP contribution in [-0.4, -0.2) is 24.6 Å². The van der Waals surface area contributed by atoms with Crippen LogP contribution >= 0.6 is 0 Å². The normalized spacial score (nSPS) is 11.0. The average Bonchev–Trinajstić information content (AvgIpc) is 2.36. The van der Waals surface area contributed by atoms with Crippen LogP contribution < -0.4 is 15.4 Å². The number of nitrogens with one attached hydrogen (secondary N) is 2. The smallest absolute Gasteiger partial charge is 0.239 e. The lowest BCUT2D eigenvalue weighted by Gasteiger charge is -2.21. The van der Waals surface area contributed by atoms with Gasteiger partial charge in [0.05, 0.1) is 18.8 Å². The van der Waals surface area contributed by atoms with E-state index < -0.39 is 0 Å². The molecule has 0 aromatic heterocycles. The number of carbonyl (C=O) groups is 1. The van der Waals surface area contributed by atoms with Crippen molar-refractivity contribution >= 4 is 11.6 Å². The molecule has 0 heterocycles. The Balaban J connectivity index is 2.52. The predicted molar refractivity (Wildman–Crippen MR) is 83.2 cm³/mol. The van der Waals surface area contributed by atoms with Gasteiger partial charge >= 0.3 is 0 Å². The van der Waals surface area contributed by atoms with Crippen LogP contribution in [0.5, 0.6) is 5.75 Å². The summed E-state index contributed by atoms with van der Waals surface area (Å²) in [5.41, 5.74) is 0.642. The first-order valence-electron chi connectivity index (χ1n) is 7.19. The lowest BCUT2D eigenvalue weighted by Crippen LogP contribution is -2.43. The third kappa shape index (κ3) is 6.45. The summed E-state index contributed by atoms with van der Waals surface area (Å²) >= 11 is 0. The number of benzene rings is 1. The molecule has 0 unspecified atom stereocenters. The Morgan fingerprint density at radius 1 is 1.25 bits per heavy atom. The largest absolute Gasteiger partial charge is 0.491 e. The summed E-state index contributed by atoms with van der Waals surface area (Å²) in [4.78, 5) is 11.8. The van der Waals surface area contributed by atoms with E-state index in [9.17, 15) is 4.79 Å². The second kappa shape index (κ2) is 7.78. The van der Waals surface area contributed by atoms with Gasteiger partial charge in [-0.2, -0.15) is 0 Å². The molecule has 0 spiro atoms. The van der Waals surface area contributed by atoms with E-state index in [1.54, 1.807) is 0 Å². The van der Waals surface area contributed by atoms with Crippen LogP contribution in [0.1, 0.15) is 40.5 Å². The molecule has 2 N–H and O–H groups in total. The van der Waals surface area contributed by atoms with Crippen LogP contribution in [0.3, 0.4) is 0 Å². The molecular weight excluding hydrogens is 252 g/mol. The molecule has 1 aromatic carbocycles. The molecule has 1 aromatic rings. The Morgan fingerprint density at radius 3 is 2.60 bits per heavy atom. The molecule has 0 aliphatic heterocycles. The minimum Gasteiger partial charge on any atom is -0.491 e. The number of carbonyl (C=O) groups excluding carboxylic acids is 1. The fraction of sp³-hybridized carbons (Fsp3) is 0.562. The highest BCUT2D eigenvalue weighted by atomic mass is 16.5. The summed E-state index contributed by atoms with van der Waals surface area (Å²) in [6.07, 6.45) is 2.13. The Bertz CT molecular complexity index is 425. The number of anilines is 1. The zero-order valence-electron chi connectivity index (χ0n) is 13.0. The number of unbranched alkanes of at least 4 members (excludes halogenated alkanes) is 1. The first-order chi connectivity index (χ1) is 9.42. The van der Waals surface area contributed by atoms with E-state index in [4.69, 9.17) is 4.74 Å². The topological polar surface area (TPSA) is 50.4 Å².